The van der Waals surface area contributed by atoms with Crippen molar-refractivity contribution < 1.29 is 145 Å². The first-order valence-electron chi connectivity index (χ1n) is 52.4. The molecule has 8 atom stereocenters. The molecule has 0 aliphatic heterocycles. The number of aromatic carboxylic acids is 2. The van der Waals surface area contributed by atoms with Gasteiger partial charge in [-0.05, 0) is 87.5 Å². The van der Waals surface area contributed by atoms with Gasteiger partial charge in [0.2, 0.25) is 0 Å². The molecule has 0 heterocycles. The van der Waals surface area contributed by atoms with E-state index in [1.807, 2.05) is 67.5 Å². The second kappa shape index (κ2) is 122. The van der Waals surface area contributed by atoms with E-state index in [2.05, 4.69) is 55.4 Å². The molecule has 0 aromatic heterocycles. The van der Waals surface area contributed by atoms with Crippen molar-refractivity contribution >= 4 is 123 Å². The van der Waals surface area contributed by atoms with E-state index in [0.29, 0.717) is 60.5 Å². The quantitative estimate of drug-likeness (QED) is 0.0225. The molecular weight excluding hydrogens is 2700 g/mol. The van der Waals surface area contributed by atoms with E-state index in [0.717, 1.165) is 99.3 Å². The van der Waals surface area contributed by atoms with Crippen molar-refractivity contribution in [1.82, 2.24) is 0 Å². The molecule has 4 aliphatic carbocycles. The number of carboxylic acids is 8. The van der Waals surface area contributed by atoms with Gasteiger partial charge in [-0.3, -0.25) is 28.8 Å². The summed E-state index contributed by atoms with van der Waals surface area (Å²) in [7, 11) is 39.0. The summed E-state index contributed by atoms with van der Waals surface area (Å²) in [6.45, 7) is 43.4. The molecule has 4 saturated carbocycles. The number of rotatable bonds is 48. The van der Waals surface area contributed by atoms with Crippen molar-refractivity contribution in [3.63, 3.8) is 0 Å². The molecule has 0 saturated heterocycles. The Labute approximate surface area is 933 Å². The van der Waals surface area contributed by atoms with Crippen LogP contribution in [0.4, 0.5) is 0 Å². The SMILES string of the molecule is CC(C)(C)CC(=O)O.CC(C)(C)CC(=O)O.CCCCCCCCCCCC(=O)O.CCCCCCCCCCCC(=O)O.CCCCCCCCCCCCCC(=O)O.CCCCCCCCCCCCCC(=O)O.Cc1ccc(C(=O)O)c(C)c1.Cc1ccc(C(=O)O)c(C)c1.[CH2-][C@@H]1CCCC[C@H]1[NH-].[CH2-][C@@H]1CCCC[C@H]1[NH-].[CH2-][C@@H]1CCCC[C@H]1[NH-].[CH2-][C@@H]1CCCC[C@H]1[NH-].[Cl][Pt+2][Cl].[Cl][Pt+2][Cl].[Cl][Pt+2][Cl].[Cl][Pt+2][Cl]. The van der Waals surface area contributed by atoms with Gasteiger partial charge in [0.05, 0.1) is 24.0 Å². The van der Waals surface area contributed by atoms with Gasteiger partial charge in [0.1, 0.15) is 0 Å². The zero-order chi connectivity index (χ0) is 111. The topological polar surface area (TPSA) is 394 Å². The number of hydrogen-bond donors (Lipinski definition) is 8. The summed E-state index contributed by atoms with van der Waals surface area (Å²) in [6.07, 6.45) is 71.4. The minimum absolute atomic E-state index is 0.0775. The molecule has 2 aromatic carbocycles. The predicted molar refractivity (Wildman–Crippen MR) is 594 cm³/mol. The van der Waals surface area contributed by atoms with Crippen LogP contribution in [0.1, 0.15) is 510 Å². The van der Waals surface area contributed by atoms with Crippen molar-refractivity contribution in [3.8, 4) is 0 Å². The summed E-state index contributed by atoms with van der Waals surface area (Å²) in [4.78, 5) is 82.0. The first-order valence-corrected chi connectivity index (χ1v) is 74.9. The first kappa shape index (κ1) is 161. The van der Waals surface area contributed by atoms with Crippen LogP contribution >= 0.6 is 75.3 Å². The van der Waals surface area contributed by atoms with E-state index < -0.39 is 114 Å². The van der Waals surface area contributed by atoms with E-state index in [4.69, 9.17) is 139 Å². The predicted octanol–water partition coefficient (Wildman–Crippen LogP) is 39.8. The monoisotopic (exact) mass is 2890 g/mol. The van der Waals surface area contributed by atoms with E-state index in [-0.39, 0.29) is 47.8 Å². The third-order valence-electron chi connectivity index (χ3n) is 23.2. The van der Waals surface area contributed by atoms with Gasteiger partial charge in [-0.2, -0.15) is 47.8 Å². The number of halogens is 8. The number of aliphatic carboxylic acids is 6. The van der Waals surface area contributed by atoms with Gasteiger partial charge in [-0.15, -0.1) is 0 Å². The average Bonchev–Trinajstić information content (AvgIpc) is 0.873. The van der Waals surface area contributed by atoms with Gasteiger partial charge in [-0.1, -0.05) is 439 Å². The Bertz CT molecular complexity index is 2840. The third kappa shape index (κ3) is 145. The average molecular weight is 2900 g/mol. The fourth-order valence-electron chi connectivity index (χ4n) is 14.9. The van der Waals surface area contributed by atoms with Gasteiger partial charge in [-0.25, -0.2) is 9.59 Å². The van der Waals surface area contributed by atoms with Crippen molar-refractivity contribution in [1.29, 1.82) is 0 Å². The van der Waals surface area contributed by atoms with Gasteiger partial charge < -0.3 is 91.5 Å². The molecule has 20 nitrogen and oxygen atoms in total. The van der Waals surface area contributed by atoms with E-state index >= 15 is 0 Å². The Hall–Kier alpha value is -0.887. The molecule has 0 spiro atoms. The Morgan fingerprint density at radius 3 is 0.521 bits per heavy atom. The zero-order valence-electron chi connectivity index (χ0n) is 89.9. The van der Waals surface area contributed by atoms with Crippen LogP contribution in [0.3, 0.4) is 0 Å². The molecule has 0 amide bonds. The van der Waals surface area contributed by atoms with Crippen LogP contribution in [0.5, 0.6) is 0 Å². The first-order chi connectivity index (χ1) is 67.0. The summed E-state index contributed by atoms with van der Waals surface area (Å²) >= 11 is -1.89. The van der Waals surface area contributed by atoms with Crippen LogP contribution in [-0.2, 0) is 94.7 Å². The van der Waals surface area contributed by atoms with Crippen molar-refractivity contribution in [2.45, 2.75) is 519 Å². The molecule has 32 heteroatoms. The molecule has 2 aromatic rings. The summed E-state index contributed by atoms with van der Waals surface area (Å²) in [5.41, 5.74) is 34.1. The maximum absolute atomic E-state index is 10.5. The van der Waals surface area contributed by atoms with Crippen LogP contribution in [-0.4, -0.2) is 113 Å². The van der Waals surface area contributed by atoms with Crippen LogP contribution in [0, 0.1) is 89.9 Å². The van der Waals surface area contributed by atoms with Crippen molar-refractivity contribution in [3.05, 3.63) is 120 Å². The van der Waals surface area contributed by atoms with E-state index in [1.165, 1.54) is 283 Å². The summed E-state index contributed by atoms with van der Waals surface area (Å²) in [6, 6.07) is 11.2. The number of carboxylic acid groups (broad SMARTS) is 8. The number of nitrogens with one attached hydrogen (secondary N) is 4. The molecule has 4 aliphatic rings. The molecule has 12 N–H and O–H groups in total. The number of unbranched alkanes of at least 4 members (excludes halogenated alkanes) is 36. The normalized spacial score (nSPS) is 16.8. The zero-order valence-corrected chi connectivity index (χ0v) is 105. The molecule has 852 valence electrons. The van der Waals surface area contributed by atoms with Gasteiger partial charge in [0.25, 0.3) is 0 Å². The molecule has 142 heavy (non-hydrogen) atoms. The molecule has 4 fully saturated rings. The van der Waals surface area contributed by atoms with Gasteiger partial charge in [0.15, 0.2) is 0 Å². The van der Waals surface area contributed by atoms with Crippen LogP contribution in [0.25, 0.3) is 22.9 Å². The Kier molecular flexibility index (Phi) is 138. The minimum atomic E-state index is -0.859. The Morgan fingerprint density at radius 2 is 0.423 bits per heavy atom. The molecule has 0 unspecified atom stereocenters. The molecular formula is C110H200Cl8N4O16Pt4. The number of aryl methyl sites for hydroxylation is 4. The van der Waals surface area contributed by atoms with E-state index in [9.17, 15) is 38.4 Å². The fourth-order valence-corrected chi connectivity index (χ4v) is 14.9. The van der Waals surface area contributed by atoms with Crippen molar-refractivity contribution in [2.24, 2.45) is 34.5 Å². The fraction of sp³-hybridized carbons (Fsp3) is 0.782. The second-order valence-electron chi connectivity index (χ2n) is 39.6. The van der Waals surface area contributed by atoms with E-state index in [1.54, 1.807) is 38.1 Å². The Balaban J connectivity index is -0.000000167. The Morgan fingerprint density at radius 1 is 0.275 bits per heavy atom. The number of benzene rings is 2. The van der Waals surface area contributed by atoms with Crippen LogP contribution in [0.2, 0.25) is 0 Å². The molecule has 6 rings (SSSR count). The summed E-state index contributed by atoms with van der Waals surface area (Å²) in [5.74, 6) is -4.12. The maximum atomic E-state index is 10.5. The van der Waals surface area contributed by atoms with Gasteiger partial charge >= 0.3 is 189 Å². The third-order valence-corrected chi connectivity index (χ3v) is 23.2. The number of hydrogen-bond acceptors (Lipinski definition) is 8. The van der Waals surface area contributed by atoms with Crippen molar-refractivity contribution in [2.75, 3.05) is 0 Å². The van der Waals surface area contributed by atoms with Gasteiger partial charge in [0, 0.05) is 25.7 Å². The summed E-state index contributed by atoms with van der Waals surface area (Å²) in [5, 5.41) is 67.6. The molecule has 0 radical (unpaired) electrons. The summed E-state index contributed by atoms with van der Waals surface area (Å²) < 4.78 is 0. The van der Waals surface area contributed by atoms with Crippen LogP contribution in [0.15, 0.2) is 36.4 Å². The van der Waals surface area contributed by atoms with Crippen LogP contribution < -0.4 is 0 Å². The second-order valence-corrected chi connectivity index (χ2v) is 52.7. The molecule has 0 bridgehead atoms. The standard InChI is InChI=1S/2C14H28O2.2C12H24O2.2C9H10O2.4C7H13N.2C6H12O2.8ClH.4Pt/c2*1-2-3-4-5-6-7-8-9-10-11-12-13-14(15)16;2*1-2-3-4-5-6-7-8-9-10-11-12(13)14;2*1-6-3-4-8(9(10)11)7(2)5-6;4*1-6-4-2-3-5-7(6)8;2*1-6(2,3)4-5(7)8;;;;;;;;;;;;/h2*2-13H2,1H3,(H,15,16);2*2-11H2,1H3,(H,13,14);2*3-5H,1-2H3,(H,10,11);4*6-8H,1-5H2;2*4H2,1-3H3,(H,7,8);8*1H;;;;/q;;;;;;4*-2;;;;;;;;;;;4*+4/p-8/t;;;;;;4*6-,7-;;;;;;;;;;;;;;/m......1111............../s1. The number of carbonyl (C=O) groups is 8.